The summed E-state index contributed by atoms with van der Waals surface area (Å²) in [5, 5.41) is 3.36. The molecule has 0 spiro atoms. The molecule has 1 N–H and O–H groups in total. The van der Waals surface area contributed by atoms with Crippen molar-refractivity contribution in [1.82, 2.24) is 5.32 Å². The number of nitrogens with zero attached hydrogens (tertiary/aromatic N) is 1. The van der Waals surface area contributed by atoms with Crippen molar-refractivity contribution in [2.24, 2.45) is 0 Å². The molecule has 1 atom stereocenters. The van der Waals surface area contributed by atoms with E-state index in [4.69, 9.17) is 17.0 Å². The molecule has 150 valence electrons. The van der Waals surface area contributed by atoms with Gasteiger partial charge in [-0.2, -0.15) is 0 Å². The van der Waals surface area contributed by atoms with Crippen molar-refractivity contribution < 1.29 is 23.5 Å². The maximum atomic E-state index is 13.8. The number of Topliss-reactive ketones (excluding diaryl/α,β-unsaturated/α-hetero) is 1. The minimum Gasteiger partial charge on any atom is -0.497 e. The van der Waals surface area contributed by atoms with Crippen LogP contribution in [-0.2, 0) is 14.3 Å². The normalized spacial score (nSPS) is 16.3. The van der Waals surface area contributed by atoms with E-state index in [9.17, 15) is 14.0 Å². The van der Waals surface area contributed by atoms with Gasteiger partial charge in [-0.3, -0.25) is 9.69 Å². The van der Waals surface area contributed by atoms with E-state index in [1.165, 1.54) is 18.2 Å². The van der Waals surface area contributed by atoms with Crippen LogP contribution in [0.15, 0.2) is 59.8 Å². The molecule has 0 aromatic heterocycles. The van der Waals surface area contributed by atoms with E-state index in [1.807, 2.05) is 0 Å². The lowest BCUT2D eigenvalue weighted by molar-refractivity contribution is -0.150. The molecule has 0 bridgehead atoms. The Morgan fingerprint density at radius 3 is 2.41 bits per heavy atom. The van der Waals surface area contributed by atoms with Crippen molar-refractivity contribution in [3.05, 3.63) is 71.2 Å². The first kappa shape index (κ1) is 20.5. The SMILES string of the molecule is COC(=O)C(=O)C1=C(C)N(c2ccc(OC)cc2)C(=S)N[C@@H]1c1cccc(F)c1. The van der Waals surface area contributed by atoms with Gasteiger partial charge in [0.2, 0.25) is 0 Å². The number of nitrogens with one attached hydrogen (secondary N) is 1. The lowest BCUT2D eigenvalue weighted by Crippen LogP contribution is -2.48. The van der Waals surface area contributed by atoms with Gasteiger partial charge in [0, 0.05) is 11.4 Å². The van der Waals surface area contributed by atoms with Crippen LogP contribution < -0.4 is 15.0 Å². The number of esters is 1. The van der Waals surface area contributed by atoms with Crippen molar-refractivity contribution >= 4 is 34.8 Å². The number of thiocarbonyl (C=S) groups is 1. The molecule has 0 saturated heterocycles. The molecule has 1 aliphatic heterocycles. The van der Waals surface area contributed by atoms with E-state index in [0.717, 1.165) is 7.11 Å². The minimum atomic E-state index is -1.01. The molecule has 8 heteroatoms. The highest BCUT2D eigenvalue weighted by atomic mass is 32.1. The average Bonchev–Trinajstić information content (AvgIpc) is 2.72. The molecule has 2 aromatic carbocycles. The van der Waals surface area contributed by atoms with Gasteiger partial charge in [0.05, 0.1) is 25.8 Å². The number of hydrogen-bond donors (Lipinski definition) is 1. The Morgan fingerprint density at radius 2 is 1.83 bits per heavy atom. The molecule has 0 radical (unpaired) electrons. The molecular weight excluding hydrogens is 395 g/mol. The van der Waals surface area contributed by atoms with E-state index in [-0.39, 0.29) is 5.57 Å². The van der Waals surface area contributed by atoms with Crippen molar-refractivity contribution in [2.75, 3.05) is 19.1 Å². The molecule has 0 aliphatic carbocycles. The van der Waals surface area contributed by atoms with Gasteiger partial charge in [-0.05, 0) is 61.1 Å². The third kappa shape index (κ3) is 3.97. The van der Waals surface area contributed by atoms with Gasteiger partial charge in [-0.1, -0.05) is 12.1 Å². The third-order valence-electron chi connectivity index (χ3n) is 4.61. The number of halogens is 1. The highest BCUT2D eigenvalue weighted by Gasteiger charge is 2.37. The number of carbonyl (C=O) groups excluding carboxylic acids is 2. The molecule has 6 nitrogen and oxygen atoms in total. The zero-order chi connectivity index (χ0) is 21.1. The Balaban J connectivity index is 2.15. The summed E-state index contributed by atoms with van der Waals surface area (Å²) < 4.78 is 23.6. The lowest BCUT2D eigenvalue weighted by Gasteiger charge is -2.37. The Morgan fingerprint density at radius 1 is 1.14 bits per heavy atom. The monoisotopic (exact) mass is 414 g/mol. The summed E-state index contributed by atoms with van der Waals surface area (Å²) in [5.41, 5.74) is 1.72. The third-order valence-corrected chi connectivity index (χ3v) is 4.91. The predicted molar refractivity (Wildman–Crippen MR) is 110 cm³/mol. The first-order valence-electron chi connectivity index (χ1n) is 8.71. The van der Waals surface area contributed by atoms with Gasteiger partial charge < -0.3 is 14.8 Å². The summed E-state index contributed by atoms with van der Waals surface area (Å²) in [6.45, 7) is 1.68. The van der Waals surface area contributed by atoms with Gasteiger partial charge in [-0.25, -0.2) is 9.18 Å². The molecule has 3 rings (SSSR count). The summed E-state index contributed by atoms with van der Waals surface area (Å²) in [7, 11) is 2.69. The van der Waals surface area contributed by atoms with Crippen LogP contribution in [0.5, 0.6) is 5.75 Å². The van der Waals surface area contributed by atoms with Gasteiger partial charge in [0.1, 0.15) is 11.6 Å². The quantitative estimate of drug-likeness (QED) is 0.457. The van der Waals surface area contributed by atoms with Crippen molar-refractivity contribution in [3.63, 3.8) is 0 Å². The summed E-state index contributed by atoms with van der Waals surface area (Å²) in [4.78, 5) is 26.5. The zero-order valence-electron chi connectivity index (χ0n) is 16.1. The van der Waals surface area contributed by atoms with Gasteiger partial charge in [0.25, 0.3) is 5.78 Å². The standard InChI is InChI=1S/C21H19FN2O4S/c1-12-17(19(25)20(26)28-3)18(13-5-4-6-14(22)11-13)23-21(29)24(12)15-7-9-16(27-2)10-8-15/h4-11,18H,1-3H3,(H,23,29)/t18-/m1/s1. The van der Waals surface area contributed by atoms with Gasteiger partial charge in [0.15, 0.2) is 5.11 Å². The van der Waals surface area contributed by atoms with Crippen molar-refractivity contribution in [1.29, 1.82) is 0 Å². The van der Waals surface area contributed by atoms with E-state index >= 15 is 0 Å². The van der Waals surface area contributed by atoms with E-state index < -0.39 is 23.6 Å². The number of benzene rings is 2. The molecule has 0 unspecified atom stereocenters. The average molecular weight is 414 g/mol. The zero-order valence-corrected chi connectivity index (χ0v) is 16.9. The predicted octanol–water partition coefficient (Wildman–Crippen LogP) is 3.29. The van der Waals surface area contributed by atoms with Crippen molar-refractivity contribution in [2.45, 2.75) is 13.0 Å². The molecule has 1 heterocycles. The molecule has 29 heavy (non-hydrogen) atoms. The highest BCUT2D eigenvalue weighted by molar-refractivity contribution is 7.80. The fourth-order valence-corrected chi connectivity index (χ4v) is 3.58. The topological polar surface area (TPSA) is 67.9 Å². The van der Waals surface area contributed by atoms with Crippen LogP contribution in [-0.4, -0.2) is 31.1 Å². The Kier molecular flexibility index (Phi) is 5.93. The number of ether oxygens (including phenoxy) is 2. The van der Waals surface area contributed by atoms with Crippen LogP contribution >= 0.6 is 12.2 Å². The second-order valence-electron chi connectivity index (χ2n) is 6.29. The maximum Gasteiger partial charge on any atom is 0.379 e. The number of rotatable bonds is 5. The Bertz CT molecular complexity index is 1000. The van der Waals surface area contributed by atoms with E-state index in [1.54, 1.807) is 49.3 Å². The van der Waals surface area contributed by atoms with Crippen molar-refractivity contribution in [3.8, 4) is 5.75 Å². The second-order valence-corrected chi connectivity index (χ2v) is 6.68. The van der Waals surface area contributed by atoms with Crippen LogP contribution in [0.2, 0.25) is 0 Å². The molecular formula is C21H19FN2O4S. The number of allylic oxidation sites excluding steroid dienone is 1. The van der Waals surface area contributed by atoms with E-state index in [2.05, 4.69) is 10.1 Å². The summed E-state index contributed by atoms with van der Waals surface area (Å²) in [5.74, 6) is -1.64. The Hall–Kier alpha value is -3.26. The van der Waals surface area contributed by atoms with Gasteiger partial charge >= 0.3 is 5.97 Å². The number of methoxy groups -OCH3 is 2. The van der Waals surface area contributed by atoms with Crippen LogP contribution in [0.3, 0.4) is 0 Å². The first-order valence-corrected chi connectivity index (χ1v) is 9.11. The lowest BCUT2D eigenvalue weighted by atomic mass is 9.91. The molecule has 2 aromatic rings. The van der Waals surface area contributed by atoms with E-state index in [0.29, 0.717) is 27.8 Å². The number of carbonyl (C=O) groups is 2. The largest absolute Gasteiger partial charge is 0.497 e. The summed E-state index contributed by atoms with van der Waals surface area (Å²) in [6.07, 6.45) is 0. The maximum absolute atomic E-state index is 13.8. The fraction of sp³-hybridized carbons (Fsp3) is 0.190. The molecule has 0 amide bonds. The van der Waals surface area contributed by atoms with Crippen LogP contribution in [0.4, 0.5) is 10.1 Å². The van der Waals surface area contributed by atoms with Crippen LogP contribution in [0, 0.1) is 5.82 Å². The number of anilines is 1. The minimum absolute atomic E-state index is 0.131. The smallest absolute Gasteiger partial charge is 0.379 e. The molecule has 0 fully saturated rings. The summed E-state index contributed by atoms with van der Waals surface area (Å²) >= 11 is 5.52. The van der Waals surface area contributed by atoms with Crippen LogP contribution in [0.25, 0.3) is 0 Å². The fourth-order valence-electron chi connectivity index (χ4n) is 3.22. The highest BCUT2D eigenvalue weighted by Crippen LogP contribution is 2.34. The molecule has 1 aliphatic rings. The number of hydrogen-bond acceptors (Lipinski definition) is 5. The first-order chi connectivity index (χ1) is 13.9. The van der Waals surface area contributed by atoms with Crippen LogP contribution in [0.1, 0.15) is 18.5 Å². The Labute approximate surface area is 172 Å². The number of ketones is 1. The summed E-state index contributed by atoms with van der Waals surface area (Å²) in [6, 6.07) is 12.0. The molecule has 0 saturated carbocycles. The van der Waals surface area contributed by atoms with Gasteiger partial charge in [-0.15, -0.1) is 0 Å². The second kappa shape index (κ2) is 8.40.